The van der Waals surface area contributed by atoms with Crippen LogP contribution in [-0.2, 0) is 0 Å². The third-order valence-corrected chi connectivity index (χ3v) is 3.16. The van der Waals surface area contributed by atoms with E-state index in [-0.39, 0.29) is 11.9 Å². The van der Waals surface area contributed by atoms with E-state index < -0.39 is 0 Å². The van der Waals surface area contributed by atoms with E-state index in [0.29, 0.717) is 21.1 Å². The second-order valence-electron chi connectivity index (χ2n) is 4.58. The molecule has 0 aliphatic rings. The van der Waals surface area contributed by atoms with Crippen molar-refractivity contribution in [3.05, 3.63) is 63.7 Å². The largest absolute Gasteiger partial charge is 0.268 e. The lowest BCUT2D eigenvalue weighted by Gasteiger charge is -2.08. The molecule has 0 aliphatic carbocycles. The maximum Gasteiger partial charge on any atom is 0.265 e. The average molecular weight is 309 g/mol. The minimum atomic E-state index is -0.230. The summed E-state index contributed by atoms with van der Waals surface area (Å²) in [6.45, 7) is 3.91. The zero-order valence-electron chi connectivity index (χ0n) is 11.2. The monoisotopic (exact) mass is 308 g/mol. The highest BCUT2D eigenvalue weighted by Gasteiger charge is 2.13. The summed E-state index contributed by atoms with van der Waals surface area (Å²) < 4.78 is 1.48. The van der Waals surface area contributed by atoms with Crippen LogP contribution < -0.4 is 5.49 Å². The van der Waals surface area contributed by atoms with E-state index in [2.05, 4.69) is 4.99 Å². The lowest BCUT2D eigenvalue weighted by atomic mass is 10.2. The Kier molecular flexibility index (Phi) is 4.63. The molecule has 5 heteroatoms. The van der Waals surface area contributed by atoms with Gasteiger partial charge in [-0.05, 0) is 44.2 Å². The molecule has 0 atom stereocenters. The van der Waals surface area contributed by atoms with Gasteiger partial charge in [0.2, 0.25) is 0 Å². The van der Waals surface area contributed by atoms with Gasteiger partial charge in [-0.15, -0.1) is 0 Å². The van der Waals surface area contributed by atoms with E-state index in [1.54, 1.807) is 36.5 Å². The Labute approximate surface area is 127 Å². The topological polar surface area (TPSA) is 34.4 Å². The van der Waals surface area contributed by atoms with Gasteiger partial charge < -0.3 is 0 Å². The molecule has 0 radical (unpaired) electrons. The summed E-state index contributed by atoms with van der Waals surface area (Å²) in [6, 6.07) is 10.3. The smallest absolute Gasteiger partial charge is 0.265 e. The number of halogens is 2. The first-order valence-electron chi connectivity index (χ1n) is 6.20. The summed E-state index contributed by atoms with van der Waals surface area (Å²) in [6.07, 6.45) is 1.68. The Hall–Kier alpha value is -1.58. The highest BCUT2D eigenvalue weighted by atomic mass is 35.5. The van der Waals surface area contributed by atoms with Crippen molar-refractivity contribution in [1.29, 1.82) is 0 Å². The van der Waals surface area contributed by atoms with Crippen LogP contribution in [0.5, 0.6) is 0 Å². The summed E-state index contributed by atoms with van der Waals surface area (Å²) in [5, 5.41) is 0.825. The van der Waals surface area contributed by atoms with Crippen molar-refractivity contribution in [2.24, 2.45) is 4.99 Å². The second kappa shape index (κ2) is 6.25. The molecule has 2 rings (SSSR count). The van der Waals surface area contributed by atoms with Gasteiger partial charge in [-0.3, -0.25) is 14.4 Å². The number of benzene rings is 1. The highest BCUT2D eigenvalue weighted by Crippen LogP contribution is 2.21. The Bertz CT molecular complexity index is 705. The van der Waals surface area contributed by atoms with Crippen LogP contribution in [0, 0.1) is 0 Å². The molecule has 0 spiro atoms. The summed E-state index contributed by atoms with van der Waals surface area (Å²) >= 11 is 11.9. The molecular formula is C15H14Cl2N2O. The molecule has 20 heavy (non-hydrogen) atoms. The number of hydrogen-bond donors (Lipinski definition) is 0. The molecule has 3 nitrogen and oxygen atoms in total. The lowest BCUT2D eigenvalue weighted by molar-refractivity contribution is 0.0955. The highest BCUT2D eigenvalue weighted by molar-refractivity contribution is 6.36. The van der Waals surface area contributed by atoms with E-state index in [1.807, 2.05) is 19.9 Å². The van der Waals surface area contributed by atoms with Crippen molar-refractivity contribution >= 4 is 29.1 Å². The Morgan fingerprint density at radius 1 is 1.20 bits per heavy atom. The summed E-state index contributed by atoms with van der Waals surface area (Å²) in [7, 11) is 0. The van der Waals surface area contributed by atoms with Gasteiger partial charge in [0.15, 0.2) is 0 Å². The molecule has 0 saturated heterocycles. The van der Waals surface area contributed by atoms with Crippen LogP contribution in [0.2, 0.25) is 10.0 Å². The van der Waals surface area contributed by atoms with Crippen LogP contribution in [0.4, 0.5) is 0 Å². The summed E-state index contributed by atoms with van der Waals surface area (Å²) in [4.78, 5) is 17.0. The zero-order valence-corrected chi connectivity index (χ0v) is 12.7. The first kappa shape index (κ1) is 14.8. The first-order chi connectivity index (χ1) is 9.49. The second-order valence-corrected chi connectivity index (χ2v) is 5.42. The van der Waals surface area contributed by atoms with Crippen LogP contribution in [0.1, 0.15) is 24.2 Å². The Morgan fingerprint density at radius 2 is 1.95 bits per heavy atom. The predicted octanol–water partition coefficient (Wildman–Crippen LogP) is 3.79. The molecule has 0 aliphatic heterocycles. The predicted molar refractivity (Wildman–Crippen MR) is 81.3 cm³/mol. The van der Waals surface area contributed by atoms with Crippen molar-refractivity contribution in [3.8, 4) is 0 Å². The molecular weight excluding hydrogens is 295 g/mol. The van der Waals surface area contributed by atoms with Crippen molar-refractivity contribution in [2.45, 2.75) is 19.9 Å². The third kappa shape index (κ3) is 3.30. The molecule has 0 amide bonds. The van der Waals surface area contributed by atoms with Gasteiger partial charge in [-0.25, -0.2) is 0 Å². The normalized spacial score (nSPS) is 11.9. The van der Waals surface area contributed by atoms with Gasteiger partial charge in [0, 0.05) is 17.3 Å². The average Bonchev–Trinajstić information content (AvgIpc) is 2.38. The number of carbonyl (C=O) groups excluding carboxylic acids is 1. The van der Waals surface area contributed by atoms with Crippen LogP contribution in [0.3, 0.4) is 0 Å². The molecule has 1 aromatic carbocycles. The third-order valence-electron chi connectivity index (χ3n) is 2.61. The van der Waals surface area contributed by atoms with E-state index in [1.165, 1.54) is 4.57 Å². The number of aromatic nitrogens is 1. The number of pyridine rings is 1. The van der Waals surface area contributed by atoms with Crippen molar-refractivity contribution in [1.82, 2.24) is 4.57 Å². The quantitative estimate of drug-likeness (QED) is 0.831. The lowest BCUT2D eigenvalue weighted by Crippen LogP contribution is -2.28. The maximum absolute atomic E-state index is 12.6. The van der Waals surface area contributed by atoms with Crippen LogP contribution in [0.15, 0.2) is 47.6 Å². The van der Waals surface area contributed by atoms with Crippen molar-refractivity contribution < 1.29 is 4.79 Å². The molecule has 1 heterocycles. The number of rotatable bonds is 2. The summed E-state index contributed by atoms with van der Waals surface area (Å²) in [5.41, 5.74) is 0.992. The van der Waals surface area contributed by atoms with Crippen LogP contribution >= 0.6 is 23.2 Å². The molecule has 0 unspecified atom stereocenters. The van der Waals surface area contributed by atoms with Crippen molar-refractivity contribution in [2.75, 3.05) is 0 Å². The Balaban J connectivity index is 2.54. The fraction of sp³-hybridized carbons (Fsp3) is 0.200. The maximum atomic E-state index is 12.6. The number of hydrogen-bond acceptors (Lipinski definition) is 2. The van der Waals surface area contributed by atoms with E-state index in [4.69, 9.17) is 23.2 Å². The molecule has 104 valence electrons. The molecule has 2 aromatic rings. The fourth-order valence-corrected chi connectivity index (χ4v) is 2.26. The van der Waals surface area contributed by atoms with Gasteiger partial charge >= 0.3 is 0 Å². The van der Waals surface area contributed by atoms with Gasteiger partial charge in [-0.1, -0.05) is 29.3 Å². The minimum Gasteiger partial charge on any atom is -0.268 e. The number of nitrogens with zero attached hydrogens (tertiary/aromatic N) is 2. The van der Waals surface area contributed by atoms with E-state index in [9.17, 15) is 4.79 Å². The van der Waals surface area contributed by atoms with Crippen LogP contribution in [-0.4, -0.2) is 16.5 Å². The molecule has 0 N–H and O–H groups in total. The molecule has 0 fully saturated rings. The SMILES string of the molecule is CC(C)N=c1ccccn1C(=O)c1ccc(Cl)cc1Cl. The molecule has 0 saturated carbocycles. The molecule has 0 bridgehead atoms. The Morgan fingerprint density at radius 3 is 2.60 bits per heavy atom. The van der Waals surface area contributed by atoms with Gasteiger partial charge in [-0.2, -0.15) is 0 Å². The summed E-state index contributed by atoms with van der Waals surface area (Å²) in [5.74, 6) is -0.230. The van der Waals surface area contributed by atoms with Gasteiger partial charge in [0.25, 0.3) is 5.91 Å². The van der Waals surface area contributed by atoms with Gasteiger partial charge in [0.1, 0.15) is 5.49 Å². The first-order valence-corrected chi connectivity index (χ1v) is 6.96. The van der Waals surface area contributed by atoms with Crippen LogP contribution in [0.25, 0.3) is 0 Å². The minimum absolute atomic E-state index is 0.0946. The fourth-order valence-electron chi connectivity index (χ4n) is 1.77. The van der Waals surface area contributed by atoms with Gasteiger partial charge in [0.05, 0.1) is 10.6 Å². The standard InChI is InChI=1S/C15H14Cl2N2O/c1-10(2)18-14-5-3-4-8-19(14)15(20)12-7-6-11(16)9-13(12)17/h3-10H,1-2H3. The van der Waals surface area contributed by atoms with E-state index >= 15 is 0 Å². The van der Waals surface area contributed by atoms with Crippen molar-refractivity contribution in [3.63, 3.8) is 0 Å². The van der Waals surface area contributed by atoms with E-state index in [0.717, 1.165) is 0 Å². The molecule has 1 aromatic heterocycles. The zero-order chi connectivity index (χ0) is 14.7. The number of carbonyl (C=O) groups is 1.